The van der Waals surface area contributed by atoms with Crippen LogP contribution in [-0.4, -0.2) is 75.8 Å². The minimum atomic E-state index is -1.92. The van der Waals surface area contributed by atoms with Gasteiger partial charge in [-0.3, -0.25) is 9.59 Å². The Kier molecular flexibility index (Phi) is 8.05. The molecule has 1 heterocycles. The van der Waals surface area contributed by atoms with Gasteiger partial charge in [0.05, 0.1) is 29.8 Å². The molecule has 6 rings (SSSR count). The lowest BCUT2D eigenvalue weighted by atomic mass is 9.46. The van der Waals surface area contributed by atoms with Crippen molar-refractivity contribution in [2.75, 3.05) is 6.61 Å². The molecule has 9 nitrogen and oxygen atoms in total. The van der Waals surface area contributed by atoms with Gasteiger partial charge in [0.1, 0.15) is 23.9 Å². The Morgan fingerprint density at radius 3 is 2.24 bits per heavy atom. The first-order chi connectivity index (χ1) is 21.3. The van der Waals surface area contributed by atoms with Crippen LogP contribution in [0.1, 0.15) is 62.9 Å². The third kappa shape index (κ3) is 4.95. The summed E-state index contributed by atoms with van der Waals surface area (Å²) in [7, 11) is 0. The van der Waals surface area contributed by atoms with Crippen molar-refractivity contribution in [3.63, 3.8) is 0 Å². The summed E-state index contributed by atoms with van der Waals surface area (Å²) < 4.78 is 18.1. The fourth-order valence-corrected chi connectivity index (χ4v) is 8.43. The van der Waals surface area contributed by atoms with Crippen molar-refractivity contribution in [2.24, 2.45) is 22.7 Å². The number of hydrogen-bond donors (Lipinski definition) is 3. The SMILES string of the molecule is CC1=C2C(O)C(=O)C3(C)C(O)C[C@H]4OCC4C3C(OC(=O)c3ccccc3)C(O)(C[C@@H]1OC(=O)CCc1ccccc1)C2(C)C. The van der Waals surface area contributed by atoms with Gasteiger partial charge in [-0.25, -0.2) is 4.79 Å². The van der Waals surface area contributed by atoms with E-state index in [0.29, 0.717) is 12.0 Å². The summed E-state index contributed by atoms with van der Waals surface area (Å²) in [4.78, 5) is 41.4. The number of aliphatic hydroxyl groups is 3. The smallest absolute Gasteiger partial charge is 0.338 e. The number of benzene rings is 2. The van der Waals surface area contributed by atoms with Crippen molar-refractivity contribution in [3.8, 4) is 0 Å². The highest BCUT2D eigenvalue weighted by atomic mass is 16.6. The van der Waals surface area contributed by atoms with Crippen LogP contribution in [0.4, 0.5) is 0 Å². The van der Waals surface area contributed by atoms with Crippen LogP contribution in [0.3, 0.4) is 0 Å². The Labute approximate surface area is 263 Å². The van der Waals surface area contributed by atoms with E-state index in [4.69, 9.17) is 14.2 Å². The van der Waals surface area contributed by atoms with Gasteiger partial charge in [-0.15, -0.1) is 0 Å². The first-order valence-electron chi connectivity index (χ1n) is 15.8. The number of fused-ring (bicyclic) bond motifs is 5. The molecule has 7 unspecified atom stereocenters. The van der Waals surface area contributed by atoms with Crippen LogP contribution < -0.4 is 0 Å². The number of carbonyl (C=O) groups excluding carboxylic acids is 3. The fourth-order valence-electron chi connectivity index (χ4n) is 8.43. The average molecular weight is 619 g/mol. The molecule has 0 amide bonds. The number of aliphatic hydroxyl groups excluding tert-OH is 2. The molecule has 45 heavy (non-hydrogen) atoms. The van der Waals surface area contributed by atoms with Gasteiger partial charge < -0.3 is 29.5 Å². The van der Waals surface area contributed by atoms with Gasteiger partial charge in [0.15, 0.2) is 5.78 Å². The highest BCUT2D eigenvalue weighted by Crippen LogP contribution is 2.62. The molecular formula is C36H42O9. The summed E-state index contributed by atoms with van der Waals surface area (Å²) in [5.41, 5.74) is -2.88. The van der Waals surface area contributed by atoms with Crippen LogP contribution in [-0.2, 0) is 30.2 Å². The lowest BCUT2D eigenvalue weighted by molar-refractivity contribution is -0.277. The van der Waals surface area contributed by atoms with E-state index in [-0.39, 0.29) is 42.9 Å². The molecule has 2 aromatic rings. The number of aryl methyl sites for hydroxylation is 1. The van der Waals surface area contributed by atoms with Crippen LogP contribution in [0.15, 0.2) is 71.8 Å². The first kappa shape index (κ1) is 31.6. The van der Waals surface area contributed by atoms with Crippen molar-refractivity contribution in [1.82, 2.24) is 0 Å². The molecule has 2 aromatic carbocycles. The Bertz CT molecular complexity index is 1500. The molecule has 1 saturated heterocycles. The third-order valence-electron chi connectivity index (χ3n) is 11.3. The lowest BCUT2D eigenvalue weighted by Gasteiger charge is -2.64. The molecule has 240 valence electrons. The Balaban J connectivity index is 1.45. The predicted molar refractivity (Wildman–Crippen MR) is 163 cm³/mol. The number of hydrogen-bond acceptors (Lipinski definition) is 9. The molecule has 3 fully saturated rings. The summed E-state index contributed by atoms with van der Waals surface area (Å²) in [6.07, 6.45) is -5.04. The number of ether oxygens (including phenoxy) is 3. The van der Waals surface area contributed by atoms with Gasteiger partial charge in [0.25, 0.3) is 0 Å². The quantitative estimate of drug-likeness (QED) is 0.327. The predicted octanol–water partition coefficient (Wildman–Crippen LogP) is 3.58. The fraction of sp³-hybridized carbons (Fsp3) is 0.528. The van der Waals surface area contributed by atoms with E-state index in [1.807, 2.05) is 30.3 Å². The van der Waals surface area contributed by atoms with Crippen molar-refractivity contribution in [3.05, 3.63) is 82.9 Å². The van der Waals surface area contributed by atoms with Crippen LogP contribution in [0.2, 0.25) is 0 Å². The van der Waals surface area contributed by atoms with Crippen molar-refractivity contribution >= 4 is 17.7 Å². The first-order valence-corrected chi connectivity index (χ1v) is 15.8. The van der Waals surface area contributed by atoms with Crippen LogP contribution >= 0.6 is 0 Å². The highest BCUT2D eigenvalue weighted by Gasteiger charge is 2.72. The zero-order valence-electron chi connectivity index (χ0n) is 26.1. The molecule has 9 heteroatoms. The second kappa shape index (κ2) is 11.5. The Morgan fingerprint density at radius 2 is 1.62 bits per heavy atom. The number of Topliss-reactive ketones (excluding diaryl/α,β-unsaturated/α-hetero) is 1. The molecule has 3 N–H and O–H groups in total. The molecule has 4 aliphatic rings. The van der Waals surface area contributed by atoms with Crippen LogP contribution in [0.25, 0.3) is 0 Å². The molecule has 0 aromatic heterocycles. The molecule has 3 aliphatic carbocycles. The molecular weight excluding hydrogens is 576 g/mol. The van der Waals surface area contributed by atoms with Gasteiger partial charge >= 0.3 is 11.9 Å². The monoisotopic (exact) mass is 618 g/mol. The summed E-state index contributed by atoms with van der Waals surface area (Å²) in [6.45, 7) is 6.98. The normalized spacial score (nSPS) is 36.9. The van der Waals surface area contributed by atoms with Crippen molar-refractivity contribution in [2.45, 2.75) is 89.5 Å². The molecule has 1 aliphatic heterocycles. The van der Waals surface area contributed by atoms with E-state index in [9.17, 15) is 29.7 Å². The maximum absolute atomic E-state index is 14.5. The van der Waals surface area contributed by atoms with Gasteiger partial charge in [-0.05, 0) is 49.1 Å². The third-order valence-corrected chi connectivity index (χ3v) is 11.3. The Morgan fingerprint density at radius 1 is 0.978 bits per heavy atom. The summed E-state index contributed by atoms with van der Waals surface area (Å²) in [6, 6.07) is 17.9. The maximum atomic E-state index is 14.5. The molecule has 2 bridgehead atoms. The molecule has 0 spiro atoms. The van der Waals surface area contributed by atoms with E-state index in [1.165, 1.54) is 0 Å². The van der Waals surface area contributed by atoms with E-state index in [2.05, 4.69) is 0 Å². The standard InChI is InChI=1S/C36H42O9/c1-20-25(44-27(38)16-15-21-11-7-5-8-12-21)18-36(42)32(45-33(41)22-13-9-6-10-14-22)29-23-19-43-24(23)17-26(37)35(29,4)31(40)30(39)28(20)34(36,2)3/h5-14,23-26,29-30,32,37,39,42H,15-19H2,1-4H3/t23?,24-,25+,26?,29?,30?,32?,35?,36?/m1/s1. The summed E-state index contributed by atoms with van der Waals surface area (Å²) >= 11 is 0. The average Bonchev–Trinajstić information content (AvgIpc) is 3.01. The largest absolute Gasteiger partial charge is 0.458 e. The maximum Gasteiger partial charge on any atom is 0.338 e. The Hall–Kier alpha value is -3.37. The molecule has 0 radical (unpaired) electrons. The molecule has 9 atom stereocenters. The number of esters is 2. The minimum absolute atomic E-state index is 0.0901. The van der Waals surface area contributed by atoms with Crippen molar-refractivity contribution < 1.29 is 43.9 Å². The number of ketones is 1. The summed E-state index contributed by atoms with van der Waals surface area (Å²) in [5.74, 6) is -3.03. The van der Waals surface area contributed by atoms with E-state index in [1.54, 1.807) is 58.0 Å². The second-order valence-corrected chi connectivity index (χ2v) is 13.9. The minimum Gasteiger partial charge on any atom is -0.458 e. The number of rotatable bonds is 6. The van der Waals surface area contributed by atoms with Crippen molar-refractivity contribution in [1.29, 1.82) is 0 Å². The molecule has 2 saturated carbocycles. The lowest BCUT2D eigenvalue weighted by Crippen LogP contribution is -2.75. The number of carbonyl (C=O) groups is 3. The zero-order valence-corrected chi connectivity index (χ0v) is 26.1. The zero-order chi connectivity index (χ0) is 32.3. The summed E-state index contributed by atoms with van der Waals surface area (Å²) in [5, 5.41) is 36.4. The van der Waals surface area contributed by atoms with Gasteiger partial charge in [0.2, 0.25) is 0 Å². The van der Waals surface area contributed by atoms with E-state index in [0.717, 1.165) is 5.56 Å². The van der Waals surface area contributed by atoms with Crippen LogP contribution in [0, 0.1) is 22.7 Å². The topological polar surface area (TPSA) is 140 Å². The second-order valence-electron chi connectivity index (χ2n) is 13.9. The van der Waals surface area contributed by atoms with E-state index < -0.39 is 70.6 Å². The van der Waals surface area contributed by atoms with Gasteiger partial charge in [-0.1, -0.05) is 62.4 Å². The van der Waals surface area contributed by atoms with Crippen LogP contribution in [0.5, 0.6) is 0 Å². The van der Waals surface area contributed by atoms with Gasteiger partial charge in [-0.2, -0.15) is 0 Å². The van der Waals surface area contributed by atoms with E-state index >= 15 is 0 Å². The highest BCUT2D eigenvalue weighted by molar-refractivity contribution is 5.93. The van der Waals surface area contributed by atoms with Gasteiger partial charge in [0, 0.05) is 36.5 Å².